The number of rotatable bonds is 0. The first kappa shape index (κ1) is 9.97. The Morgan fingerprint density at radius 3 is 3.00 bits per heavy atom. The molecule has 0 radical (unpaired) electrons. The first-order valence-electron chi connectivity index (χ1n) is 5.55. The Bertz CT molecular complexity index is 229. The van der Waals surface area contributed by atoms with Gasteiger partial charge in [0.2, 0.25) is 5.91 Å². The number of ether oxygens (including phenoxy) is 1. The maximum atomic E-state index is 11.6. The molecule has 0 aromatic rings. The molecule has 14 heavy (non-hydrogen) atoms. The second-order valence-corrected chi connectivity index (χ2v) is 4.68. The molecule has 0 spiro atoms. The lowest BCUT2D eigenvalue weighted by Crippen LogP contribution is -2.35. The van der Waals surface area contributed by atoms with Gasteiger partial charge in [0, 0.05) is 25.0 Å². The highest BCUT2D eigenvalue weighted by Crippen LogP contribution is 2.34. The Kier molecular flexibility index (Phi) is 2.77. The van der Waals surface area contributed by atoms with Gasteiger partial charge in [-0.05, 0) is 18.3 Å². The number of hydrogen-bond acceptors (Lipinski definition) is 2. The fourth-order valence-corrected chi connectivity index (χ4v) is 2.72. The van der Waals surface area contributed by atoms with E-state index in [4.69, 9.17) is 4.74 Å². The molecule has 3 heteroatoms. The summed E-state index contributed by atoms with van der Waals surface area (Å²) in [5.74, 6) is 2.06. The third kappa shape index (κ3) is 1.65. The van der Waals surface area contributed by atoms with Gasteiger partial charge in [0.15, 0.2) is 0 Å². The third-order valence-electron chi connectivity index (χ3n) is 3.95. The average molecular weight is 197 g/mol. The van der Waals surface area contributed by atoms with Crippen molar-refractivity contribution in [1.82, 2.24) is 5.32 Å². The molecule has 1 amide bonds. The number of nitrogens with one attached hydrogen (secondary N) is 1. The van der Waals surface area contributed by atoms with E-state index in [-0.39, 0.29) is 11.8 Å². The maximum Gasteiger partial charge on any atom is 0.223 e. The van der Waals surface area contributed by atoms with Gasteiger partial charge in [-0.2, -0.15) is 0 Å². The van der Waals surface area contributed by atoms with Gasteiger partial charge in [0.1, 0.15) is 0 Å². The van der Waals surface area contributed by atoms with E-state index in [1.165, 1.54) is 0 Å². The number of carbonyl (C=O) groups excluding carboxylic acids is 1. The molecule has 2 fully saturated rings. The minimum Gasteiger partial charge on any atom is -0.381 e. The summed E-state index contributed by atoms with van der Waals surface area (Å²) >= 11 is 0. The largest absolute Gasteiger partial charge is 0.381 e. The summed E-state index contributed by atoms with van der Waals surface area (Å²) in [7, 11) is 0. The standard InChI is InChI=1S/C11H19NO2/c1-7-8(2)11(13)12-5-9-6-14-4-3-10(7)9/h7-10H,3-6H2,1-2H3,(H,12,13)/t7-,8+,9?,10?/m1/s1. The molecule has 80 valence electrons. The number of fused-ring (bicyclic) bond motifs is 1. The quantitative estimate of drug-likeness (QED) is 0.630. The molecule has 4 atom stereocenters. The Hall–Kier alpha value is -0.570. The molecule has 0 aromatic carbocycles. The molecule has 2 aliphatic rings. The molecular weight excluding hydrogens is 178 g/mol. The average Bonchev–Trinajstić information content (AvgIpc) is 2.32. The van der Waals surface area contributed by atoms with Crippen molar-refractivity contribution in [3.63, 3.8) is 0 Å². The van der Waals surface area contributed by atoms with Crippen molar-refractivity contribution in [3.05, 3.63) is 0 Å². The van der Waals surface area contributed by atoms with Crippen LogP contribution >= 0.6 is 0 Å². The minimum atomic E-state index is 0.156. The molecule has 2 rings (SSSR count). The second kappa shape index (κ2) is 3.89. The summed E-state index contributed by atoms with van der Waals surface area (Å²) in [4.78, 5) is 11.6. The van der Waals surface area contributed by atoms with Gasteiger partial charge in [0.05, 0.1) is 6.61 Å². The second-order valence-electron chi connectivity index (χ2n) is 4.68. The van der Waals surface area contributed by atoms with Gasteiger partial charge in [-0.15, -0.1) is 0 Å². The van der Waals surface area contributed by atoms with Crippen LogP contribution in [0.5, 0.6) is 0 Å². The van der Waals surface area contributed by atoms with Crippen molar-refractivity contribution < 1.29 is 9.53 Å². The van der Waals surface area contributed by atoms with Crippen LogP contribution in [0.3, 0.4) is 0 Å². The molecule has 2 unspecified atom stereocenters. The zero-order chi connectivity index (χ0) is 10.1. The smallest absolute Gasteiger partial charge is 0.223 e. The van der Waals surface area contributed by atoms with Crippen LogP contribution in [-0.4, -0.2) is 25.7 Å². The van der Waals surface area contributed by atoms with Gasteiger partial charge < -0.3 is 10.1 Å². The number of amides is 1. The summed E-state index contributed by atoms with van der Waals surface area (Å²) < 4.78 is 5.46. The fraction of sp³-hybridized carbons (Fsp3) is 0.909. The predicted octanol–water partition coefficient (Wildman–Crippen LogP) is 1.04. The number of carbonyl (C=O) groups is 1. The molecule has 3 nitrogen and oxygen atoms in total. The van der Waals surface area contributed by atoms with E-state index < -0.39 is 0 Å². The van der Waals surface area contributed by atoms with E-state index in [2.05, 4.69) is 12.2 Å². The van der Waals surface area contributed by atoms with Crippen molar-refractivity contribution in [2.75, 3.05) is 19.8 Å². The van der Waals surface area contributed by atoms with E-state index in [9.17, 15) is 4.79 Å². The molecule has 0 saturated carbocycles. The normalized spacial score (nSPS) is 43.7. The first-order valence-corrected chi connectivity index (χ1v) is 5.55. The van der Waals surface area contributed by atoms with Crippen LogP contribution in [0.2, 0.25) is 0 Å². The first-order chi connectivity index (χ1) is 6.70. The Labute approximate surface area is 85.2 Å². The highest BCUT2D eigenvalue weighted by atomic mass is 16.5. The predicted molar refractivity (Wildman–Crippen MR) is 53.8 cm³/mol. The SMILES string of the molecule is C[C@@H]1C(=O)NCC2COCCC2[C@@H]1C. The Balaban J connectivity index is 2.14. The zero-order valence-corrected chi connectivity index (χ0v) is 8.95. The number of hydrogen-bond donors (Lipinski definition) is 1. The van der Waals surface area contributed by atoms with Crippen molar-refractivity contribution in [2.45, 2.75) is 20.3 Å². The van der Waals surface area contributed by atoms with Crippen LogP contribution in [-0.2, 0) is 9.53 Å². The topological polar surface area (TPSA) is 38.3 Å². The lowest BCUT2D eigenvalue weighted by molar-refractivity contribution is -0.125. The van der Waals surface area contributed by atoms with E-state index >= 15 is 0 Å². The monoisotopic (exact) mass is 197 g/mol. The summed E-state index contributed by atoms with van der Waals surface area (Å²) in [6.07, 6.45) is 1.12. The van der Waals surface area contributed by atoms with Crippen molar-refractivity contribution >= 4 is 5.91 Å². The molecule has 2 aliphatic heterocycles. The van der Waals surface area contributed by atoms with E-state index in [1.807, 2.05) is 6.92 Å². The highest BCUT2D eigenvalue weighted by Gasteiger charge is 2.37. The van der Waals surface area contributed by atoms with Gasteiger partial charge in [0.25, 0.3) is 0 Å². The molecular formula is C11H19NO2. The Morgan fingerprint density at radius 2 is 2.21 bits per heavy atom. The fourth-order valence-electron chi connectivity index (χ4n) is 2.72. The van der Waals surface area contributed by atoms with Crippen molar-refractivity contribution in [2.24, 2.45) is 23.7 Å². The summed E-state index contributed by atoms with van der Waals surface area (Å²) in [6.45, 7) is 6.74. The molecule has 2 heterocycles. The van der Waals surface area contributed by atoms with Gasteiger partial charge in [-0.3, -0.25) is 4.79 Å². The van der Waals surface area contributed by atoms with Gasteiger partial charge >= 0.3 is 0 Å². The van der Waals surface area contributed by atoms with Crippen molar-refractivity contribution in [1.29, 1.82) is 0 Å². The lowest BCUT2D eigenvalue weighted by Gasteiger charge is -2.34. The van der Waals surface area contributed by atoms with Crippen LogP contribution in [0, 0.1) is 23.7 Å². The van der Waals surface area contributed by atoms with Gasteiger partial charge in [-0.25, -0.2) is 0 Å². The maximum absolute atomic E-state index is 11.6. The zero-order valence-electron chi connectivity index (χ0n) is 8.95. The van der Waals surface area contributed by atoms with Crippen molar-refractivity contribution in [3.8, 4) is 0 Å². The van der Waals surface area contributed by atoms with E-state index in [1.54, 1.807) is 0 Å². The van der Waals surface area contributed by atoms with E-state index in [0.717, 1.165) is 26.2 Å². The molecule has 1 N–H and O–H groups in total. The summed E-state index contributed by atoms with van der Waals surface area (Å²) in [5, 5.41) is 3.00. The van der Waals surface area contributed by atoms with Crippen LogP contribution in [0.25, 0.3) is 0 Å². The molecule has 0 bridgehead atoms. The van der Waals surface area contributed by atoms with E-state index in [0.29, 0.717) is 17.8 Å². The third-order valence-corrected chi connectivity index (χ3v) is 3.95. The van der Waals surface area contributed by atoms with Crippen LogP contribution < -0.4 is 5.32 Å². The molecule has 0 aliphatic carbocycles. The lowest BCUT2D eigenvalue weighted by atomic mass is 9.75. The van der Waals surface area contributed by atoms with Crippen LogP contribution in [0.15, 0.2) is 0 Å². The van der Waals surface area contributed by atoms with Crippen LogP contribution in [0.4, 0.5) is 0 Å². The Morgan fingerprint density at radius 1 is 1.43 bits per heavy atom. The minimum absolute atomic E-state index is 0.156. The molecule has 0 aromatic heterocycles. The molecule has 2 saturated heterocycles. The van der Waals surface area contributed by atoms with Crippen LogP contribution in [0.1, 0.15) is 20.3 Å². The summed E-state index contributed by atoms with van der Waals surface area (Å²) in [6, 6.07) is 0. The summed E-state index contributed by atoms with van der Waals surface area (Å²) in [5.41, 5.74) is 0. The van der Waals surface area contributed by atoms with Gasteiger partial charge in [-0.1, -0.05) is 13.8 Å². The highest BCUT2D eigenvalue weighted by molar-refractivity contribution is 5.78.